The number of methoxy groups -OCH3 is 1. The first-order valence-corrected chi connectivity index (χ1v) is 12.3. The molecule has 0 fully saturated rings. The molecule has 0 saturated heterocycles. The van der Waals surface area contributed by atoms with Crippen molar-refractivity contribution in [2.24, 2.45) is 0 Å². The van der Waals surface area contributed by atoms with E-state index in [1.54, 1.807) is 14.2 Å². The van der Waals surface area contributed by atoms with Crippen molar-refractivity contribution < 1.29 is 19.7 Å². The fraction of sp³-hybridized carbons (Fsp3) is 0.345. The first-order chi connectivity index (χ1) is 17.5. The lowest BCUT2D eigenvalue weighted by Crippen LogP contribution is -2.58. The maximum Gasteiger partial charge on any atom is 0.240 e. The topological polar surface area (TPSA) is 103 Å². The Morgan fingerprint density at radius 2 is 1.75 bits per heavy atom. The van der Waals surface area contributed by atoms with Crippen LogP contribution < -0.4 is 20.7 Å². The Hall–Kier alpha value is -3.23. The maximum absolute atomic E-state index is 13.6. The third-order valence-electron chi connectivity index (χ3n) is 6.87. The standard InChI is InChI=1S/C29H35N3O4/c1-30-24(16-19-9-4-3-5-10-19)28(34)27(31-18-20-11-8-13-22(15-20)36-2)29(35)32-26-23-14-7-6-12-21(23)17-25(26)33/h3-15,24-28,30-31,33-34H,16-18H2,1-2H3,(H,32,35). The zero-order valence-electron chi connectivity index (χ0n) is 20.7. The summed E-state index contributed by atoms with van der Waals surface area (Å²) in [6.07, 6.45) is -0.710. The van der Waals surface area contributed by atoms with Gasteiger partial charge in [-0.15, -0.1) is 0 Å². The van der Waals surface area contributed by atoms with Gasteiger partial charge in [0.15, 0.2) is 0 Å². The van der Waals surface area contributed by atoms with Crippen molar-refractivity contribution in [3.8, 4) is 5.75 Å². The summed E-state index contributed by atoms with van der Waals surface area (Å²) >= 11 is 0. The molecule has 36 heavy (non-hydrogen) atoms. The first kappa shape index (κ1) is 25.9. The van der Waals surface area contributed by atoms with Crippen LogP contribution >= 0.6 is 0 Å². The predicted molar refractivity (Wildman–Crippen MR) is 140 cm³/mol. The number of aliphatic hydroxyl groups is 2. The number of aliphatic hydroxyl groups excluding tert-OH is 2. The fourth-order valence-electron chi connectivity index (χ4n) is 4.86. The van der Waals surface area contributed by atoms with E-state index in [1.165, 1.54) is 0 Å². The lowest BCUT2D eigenvalue weighted by molar-refractivity contribution is -0.128. The van der Waals surface area contributed by atoms with E-state index in [2.05, 4.69) is 16.0 Å². The van der Waals surface area contributed by atoms with Gasteiger partial charge in [0.2, 0.25) is 5.91 Å². The zero-order valence-corrected chi connectivity index (χ0v) is 20.7. The lowest BCUT2D eigenvalue weighted by Gasteiger charge is -2.31. The highest BCUT2D eigenvalue weighted by atomic mass is 16.5. The Morgan fingerprint density at radius 1 is 1.03 bits per heavy atom. The summed E-state index contributed by atoms with van der Waals surface area (Å²) < 4.78 is 5.32. The van der Waals surface area contributed by atoms with E-state index >= 15 is 0 Å². The molecule has 1 aliphatic carbocycles. The van der Waals surface area contributed by atoms with Crippen LogP contribution in [-0.4, -0.2) is 54.6 Å². The minimum atomic E-state index is -1.03. The molecule has 0 saturated carbocycles. The van der Waals surface area contributed by atoms with E-state index in [0.717, 1.165) is 28.0 Å². The number of likely N-dealkylation sites (N-methyl/N-ethyl adjacent to an activating group) is 1. The van der Waals surface area contributed by atoms with Gasteiger partial charge in [0.05, 0.1) is 25.4 Å². The molecule has 0 heterocycles. The molecule has 0 spiro atoms. The molecule has 0 radical (unpaired) electrons. The van der Waals surface area contributed by atoms with Gasteiger partial charge in [-0.2, -0.15) is 0 Å². The van der Waals surface area contributed by atoms with Crippen LogP contribution in [0.5, 0.6) is 5.75 Å². The van der Waals surface area contributed by atoms with Crippen molar-refractivity contribution in [2.45, 2.75) is 49.7 Å². The number of carbonyl (C=O) groups excluding carboxylic acids is 1. The van der Waals surface area contributed by atoms with Gasteiger partial charge in [0.1, 0.15) is 11.8 Å². The Morgan fingerprint density at radius 3 is 2.50 bits per heavy atom. The highest BCUT2D eigenvalue weighted by molar-refractivity contribution is 5.83. The number of hydrogen-bond acceptors (Lipinski definition) is 6. The summed E-state index contributed by atoms with van der Waals surface area (Å²) in [7, 11) is 3.39. The van der Waals surface area contributed by atoms with E-state index in [0.29, 0.717) is 19.4 Å². The van der Waals surface area contributed by atoms with E-state index in [9.17, 15) is 15.0 Å². The van der Waals surface area contributed by atoms with Crippen LogP contribution in [-0.2, 0) is 24.2 Å². The van der Waals surface area contributed by atoms with Crippen LogP contribution in [0, 0.1) is 0 Å². The van der Waals surface area contributed by atoms with Crippen LogP contribution in [0.2, 0.25) is 0 Å². The normalized spacial score (nSPS) is 19.2. The maximum atomic E-state index is 13.6. The molecule has 1 aliphatic rings. The SMILES string of the molecule is CNC(Cc1ccccc1)C(O)C(NCc1cccc(OC)c1)C(=O)NC1c2ccccc2CC1O. The van der Waals surface area contributed by atoms with Gasteiger partial charge >= 0.3 is 0 Å². The molecule has 1 amide bonds. The predicted octanol–water partition coefficient (Wildman–Crippen LogP) is 2.12. The average molecular weight is 490 g/mol. The molecule has 7 nitrogen and oxygen atoms in total. The third-order valence-corrected chi connectivity index (χ3v) is 6.87. The summed E-state index contributed by atoms with van der Waals surface area (Å²) in [5, 5.41) is 31.6. The van der Waals surface area contributed by atoms with Crippen LogP contribution in [0.15, 0.2) is 78.9 Å². The zero-order chi connectivity index (χ0) is 25.5. The quantitative estimate of drug-likeness (QED) is 0.283. The van der Waals surface area contributed by atoms with Crippen molar-refractivity contribution in [3.05, 3.63) is 101 Å². The molecular formula is C29H35N3O4. The molecule has 0 bridgehead atoms. The minimum Gasteiger partial charge on any atom is -0.497 e. The van der Waals surface area contributed by atoms with Crippen molar-refractivity contribution in [3.63, 3.8) is 0 Å². The molecule has 7 heteroatoms. The largest absolute Gasteiger partial charge is 0.497 e. The monoisotopic (exact) mass is 489 g/mol. The van der Waals surface area contributed by atoms with Crippen LogP contribution in [0.25, 0.3) is 0 Å². The van der Waals surface area contributed by atoms with Gasteiger partial charge in [-0.25, -0.2) is 0 Å². The Balaban J connectivity index is 1.54. The van der Waals surface area contributed by atoms with Crippen molar-refractivity contribution in [1.82, 2.24) is 16.0 Å². The second-order valence-corrected chi connectivity index (χ2v) is 9.24. The molecule has 3 aromatic carbocycles. The smallest absolute Gasteiger partial charge is 0.240 e. The second-order valence-electron chi connectivity index (χ2n) is 9.24. The van der Waals surface area contributed by atoms with E-state index < -0.39 is 24.3 Å². The summed E-state index contributed by atoms with van der Waals surface area (Å²) in [6.45, 7) is 0.359. The minimum absolute atomic E-state index is 0.359. The third kappa shape index (κ3) is 6.12. The second kappa shape index (κ2) is 12.1. The van der Waals surface area contributed by atoms with Crippen LogP contribution in [0.4, 0.5) is 0 Å². The summed E-state index contributed by atoms with van der Waals surface area (Å²) in [4.78, 5) is 13.6. The molecule has 5 unspecified atom stereocenters. The van der Waals surface area contributed by atoms with E-state index in [1.807, 2.05) is 78.9 Å². The van der Waals surface area contributed by atoms with Gasteiger partial charge in [-0.1, -0.05) is 66.7 Å². The number of ether oxygens (including phenoxy) is 1. The molecule has 3 aromatic rings. The van der Waals surface area contributed by atoms with Gasteiger partial charge in [-0.05, 0) is 47.9 Å². The molecule has 190 valence electrons. The number of rotatable bonds is 11. The molecule has 5 N–H and O–H groups in total. The Labute approximate surface area is 212 Å². The Bertz CT molecular complexity index is 1140. The summed E-state index contributed by atoms with van der Waals surface area (Å²) in [5.74, 6) is 0.359. The summed E-state index contributed by atoms with van der Waals surface area (Å²) in [5.41, 5.74) is 3.92. The van der Waals surface area contributed by atoms with Gasteiger partial charge in [0, 0.05) is 19.0 Å². The highest BCUT2D eigenvalue weighted by Crippen LogP contribution is 2.31. The number of carbonyl (C=O) groups is 1. The molecule has 0 aliphatic heterocycles. The molecule has 4 rings (SSSR count). The molecular weight excluding hydrogens is 454 g/mol. The number of benzene rings is 3. The highest BCUT2D eigenvalue weighted by Gasteiger charge is 2.37. The number of amides is 1. The van der Waals surface area contributed by atoms with Gasteiger partial charge < -0.3 is 25.6 Å². The number of nitrogens with one attached hydrogen (secondary N) is 3. The molecule has 0 aromatic heterocycles. The number of fused-ring (bicyclic) bond motifs is 1. The fourth-order valence-corrected chi connectivity index (χ4v) is 4.86. The van der Waals surface area contributed by atoms with Crippen molar-refractivity contribution in [1.29, 1.82) is 0 Å². The lowest BCUT2D eigenvalue weighted by atomic mass is 9.95. The Kier molecular flexibility index (Phi) is 8.72. The van der Waals surface area contributed by atoms with Crippen LogP contribution in [0.3, 0.4) is 0 Å². The first-order valence-electron chi connectivity index (χ1n) is 12.3. The van der Waals surface area contributed by atoms with Crippen molar-refractivity contribution >= 4 is 5.91 Å². The average Bonchev–Trinajstić information content (AvgIpc) is 3.22. The molecule has 5 atom stereocenters. The van der Waals surface area contributed by atoms with E-state index in [-0.39, 0.29) is 11.9 Å². The van der Waals surface area contributed by atoms with Gasteiger partial charge in [-0.3, -0.25) is 10.1 Å². The number of hydrogen-bond donors (Lipinski definition) is 5. The van der Waals surface area contributed by atoms with Gasteiger partial charge in [0.25, 0.3) is 0 Å². The van der Waals surface area contributed by atoms with Crippen molar-refractivity contribution in [2.75, 3.05) is 14.2 Å². The van der Waals surface area contributed by atoms with Crippen LogP contribution in [0.1, 0.15) is 28.3 Å². The van der Waals surface area contributed by atoms with E-state index in [4.69, 9.17) is 4.74 Å². The summed E-state index contributed by atoms with van der Waals surface area (Å²) in [6, 6.07) is 23.4.